The molecule has 7 atom stereocenters. The van der Waals surface area contributed by atoms with E-state index in [0.717, 1.165) is 77.0 Å². The lowest BCUT2D eigenvalue weighted by molar-refractivity contribution is -0.356. The lowest BCUT2D eigenvalue weighted by Crippen LogP contribution is -2.61. The van der Waals surface area contributed by atoms with Crippen LogP contribution in [0.25, 0.3) is 0 Å². The minimum absolute atomic E-state index is 0.0988. The Balaban J connectivity index is 0.000000362. The molecule has 0 spiro atoms. The van der Waals surface area contributed by atoms with Crippen LogP contribution in [0.3, 0.4) is 0 Å². The second-order valence-electron chi connectivity index (χ2n) is 15.6. The fraction of sp³-hybridized carbons (Fsp3) is 0.805. The quantitative estimate of drug-likeness (QED) is 0.177. The molecule has 0 amide bonds. The highest BCUT2D eigenvalue weighted by Crippen LogP contribution is 2.47. The van der Waals surface area contributed by atoms with Gasteiger partial charge in [-0.3, -0.25) is 0 Å². The second kappa shape index (κ2) is 19.8. The van der Waals surface area contributed by atoms with Crippen LogP contribution in [0, 0.1) is 16.2 Å². The van der Waals surface area contributed by atoms with Crippen molar-refractivity contribution in [3.63, 3.8) is 0 Å². The normalized spacial score (nSPS) is 31.1. The lowest BCUT2D eigenvalue weighted by Gasteiger charge is -2.52. The summed E-state index contributed by atoms with van der Waals surface area (Å²) >= 11 is 0. The molecular formula is C41H74O7. The van der Waals surface area contributed by atoms with Gasteiger partial charge in [-0.15, -0.1) is 19.7 Å². The van der Waals surface area contributed by atoms with Gasteiger partial charge in [0.25, 0.3) is 0 Å². The first-order valence-electron chi connectivity index (χ1n) is 18.5. The molecule has 2 fully saturated rings. The third kappa shape index (κ3) is 10.8. The maximum atomic E-state index is 10.3. The number of allylic oxidation sites excluding steroid dienone is 2. The summed E-state index contributed by atoms with van der Waals surface area (Å²) in [5.74, 6) is -0.612. The largest absolute Gasteiger partial charge is 0.494 e. The molecule has 0 saturated carbocycles. The van der Waals surface area contributed by atoms with E-state index in [1.165, 1.54) is 5.76 Å². The highest BCUT2D eigenvalue weighted by molar-refractivity contribution is 5.08. The summed E-state index contributed by atoms with van der Waals surface area (Å²) in [6.07, 6.45) is 18.3. The van der Waals surface area contributed by atoms with Gasteiger partial charge in [0, 0.05) is 36.9 Å². The maximum absolute atomic E-state index is 10.3. The fourth-order valence-electron chi connectivity index (χ4n) is 6.83. The molecule has 3 unspecified atom stereocenters. The van der Waals surface area contributed by atoms with Crippen molar-refractivity contribution in [2.24, 2.45) is 16.2 Å². The summed E-state index contributed by atoms with van der Waals surface area (Å²) in [7, 11) is 3.24. The average molecular weight is 679 g/mol. The zero-order valence-corrected chi connectivity index (χ0v) is 32.7. The SMILES string of the molecule is C=CC[C@@H]1CCC(O)C(OC)(C(C)(C)CC)O1.C=CC[C@@H]1CCC(O)[C@](OC)(C(C)(C)CC)O1.C=CC[C@@H]1CCC=C(C(C)(C)CC)O1. The molecular weight excluding hydrogens is 604 g/mol. The van der Waals surface area contributed by atoms with E-state index in [2.05, 4.69) is 88.1 Å². The van der Waals surface area contributed by atoms with Crippen LogP contribution in [0.5, 0.6) is 0 Å². The van der Waals surface area contributed by atoms with E-state index < -0.39 is 23.8 Å². The molecule has 7 heteroatoms. The summed E-state index contributed by atoms with van der Waals surface area (Å²) in [6.45, 7) is 30.5. The van der Waals surface area contributed by atoms with Gasteiger partial charge in [-0.2, -0.15) is 0 Å². The molecule has 0 aromatic rings. The molecule has 48 heavy (non-hydrogen) atoms. The molecule has 0 radical (unpaired) electrons. The van der Waals surface area contributed by atoms with E-state index >= 15 is 0 Å². The molecule has 0 bridgehead atoms. The van der Waals surface area contributed by atoms with Gasteiger partial charge in [-0.25, -0.2) is 0 Å². The average Bonchev–Trinajstić information content (AvgIpc) is 3.07. The van der Waals surface area contributed by atoms with Crippen LogP contribution < -0.4 is 0 Å². The molecule has 3 rings (SSSR count). The molecule has 0 aliphatic carbocycles. The smallest absolute Gasteiger partial charge is 0.199 e. The number of hydrogen-bond donors (Lipinski definition) is 2. The predicted molar refractivity (Wildman–Crippen MR) is 199 cm³/mol. The van der Waals surface area contributed by atoms with E-state index in [4.69, 9.17) is 23.7 Å². The van der Waals surface area contributed by atoms with E-state index in [1.54, 1.807) is 14.2 Å². The maximum Gasteiger partial charge on any atom is 0.199 e. The monoisotopic (exact) mass is 679 g/mol. The van der Waals surface area contributed by atoms with Crippen LogP contribution in [0.15, 0.2) is 49.8 Å². The summed E-state index contributed by atoms with van der Waals surface area (Å²) in [5, 5.41) is 20.6. The topological polar surface area (TPSA) is 86.6 Å². The van der Waals surface area contributed by atoms with Gasteiger partial charge in [0.15, 0.2) is 11.6 Å². The van der Waals surface area contributed by atoms with Gasteiger partial charge in [0.2, 0.25) is 0 Å². The zero-order chi connectivity index (χ0) is 36.8. The molecule has 3 heterocycles. The first-order valence-corrected chi connectivity index (χ1v) is 18.5. The third-order valence-electron chi connectivity index (χ3n) is 11.3. The fourth-order valence-corrected chi connectivity index (χ4v) is 6.83. The van der Waals surface area contributed by atoms with Crippen molar-refractivity contribution < 1.29 is 33.9 Å². The highest BCUT2D eigenvalue weighted by Gasteiger charge is 2.55. The second-order valence-corrected chi connectivity index (χ2v) is 15.6. The first-order chi connectivity index (χ1) is 22.5. The van der Waals surface area contributed by atoms with Crippen LogP contribution in [-0.2, 0) is 23.7 Å². The Morgan fingerprint density at radius 3 is 1.42 bits per heavy atom. The van der Waals surface area contributed by atoms with Crippen LogP contribution in [-0.4, -0.2) is 66.5 Å². The molecule has 3 aliphatic heterocycles. The number of aliphatic hydroxyl groups is 2. The Labute approximate surface area is 295 Å². The van der Waals surface area contributed by atoms with Gasteiger partial charge in [0.1, 0.15) is 18.3 Å². The molecule has 2 saturated heterocycles. The highest BCUT2D eigenvalue weighted by atomic mass is 16.7. The van der Waals surface area contributed by atoms with Gasteiger partial charge < -0.3 is 33.9 Å². The molecule has 0 aromatic carbocycles. The van der Waals surface area contributed by atoms with Crippen molar-refractivity contribution >= 4 is 0 Å². The van der Waals surface area contributed by atoms with E-state index in [1.807, 2.05) is 18.2 Å². The van der Waals surface area contributed by atoms with Crippen molar-refractivity contribution in [2.75, 3.05) is 14.2 Å². The number of methoxy groups -OCH3 is 2. The molecule has 2 N–H and O–H groups in total. The van der Waals surface area contributed by atoms with E-state index in [0.29, 0.717) is 6.10 Å². The van der Waals surface area contributed by atoms with Crippen LogP contribution >= 0.6 is 0 Å². The van der Waals surface area contributed by atoms with Crippen molar-refractivity contribution in [3.05, 3.63) is 49.8 Å². The number of ether oxygens (including phenoxy) is 5. The van der Waals surface area contributed by atoms with Gasteiger partial charge in [-0.05, 0) is 76.7 Å². The summed E-state index contributed by atoms with van der Waals surface area (Å²) in [5.41, 5.74) is -0.248. The van der Waals surface area contributed by atoms with Crippen LogP contribution in [0.1, 0.15) is 139 Å². The van der Waals surface area contributed by atoms with Gasteiger partial charge >= 0.3 is 0 Å². The predicted octanol–water partition coefficient (Wildman–Crippen LogP) is 9.82. The number of aliphatic hydroxyl groups excluding tert-OH is 2. The Kier molecular flexibility index (Phi) is 18.4. The Morgan fingerprint density at radius 1 is 0.688 bits per heavy atom. The standard InChI is InChI=1S/2C14H26O3.C13H22O/c2*1-6-8-11-9-10-12(15)14(16-5,17-11)13(3,4)7-2;1-5-8-11-9-7-10-12(14-11)13(3,4)6-2/h2*6,11-12,15H,1,7-10H2,2-5H3;5,10-11H,1,6-9H2,2-4H3/t11-,12?,14?;11-,12?,14-;11-/m111/s1. The van der Waals surface area contributed by atoms with Crippen LogP contribution in [0.2, 0.25) is 0 Å². The number of hydrogen-bond acceptors (Lipinski definition) is 7. The summed E-state index contributed by atoms with van der Waals surface area (Å²) < 4.78 is 29.4. The minimum Gasteiger partial charge on any atom is -0.494 e. The summed E-state index contributed by atoms with van der Waals surface area (Å²) in [4.78, 5) is 0. The first kappa shape index (κ1) is 44.5. The lowest BCUT2D eigenvalue weighted by atomic mass is 9.74. The van der Waals surface area contributed by atoms with Crippen molar-refractivity contribution in [3.8, 4) is 0 Å². The Morgan fingerprint density at radius 2 is 1.08 bits per heavy atom. The molecule has 280 valence electrons. The molecule has 3 aliphatic rings. The Bertz CT molecular complexity index is 947. The van der Waals surface area contributed by atoms with Crippen molar-refractivity contribution in [2.45, 2.75) is 181 Å². The minimum atomic E-state index is -0.895. The third-order valence-corrected chi connectivity index (χ3v) is 11.3. The van der Waals surface area contributed by atoms with Crippen molar-refractivity contribution in [1.29, 1.82) is 0 Å². The summed E-state index contributed by atoms with van der Waals surface area (Å²) in [6, 6.07) is 0. The number of rotatable bonds is 14. The molecule has 7 nitrogen and oxygen atoms in total. The van der Waals surface area contributed by atoms with Crippen molar-refractivity contribution in [1.82, 2.24) is 0 Å². The van der Waals surface area contributed by atoms with E-state index in [9.17, 15) is 10.2 Å². The molecule has 0 aromatic heterocycles. The van der Waals surface area contributed by atoms with Gasteiger partial charge in [-0.1, -0.05) is 80.5 Å². The van der Waals surface area contributed by atoms with E-state index in [-0.39, 0.29) is 28.5 Å². The van der Waals surface area contributed by atoms with Crippen LogP contribution in [0.4, 0.5) is 0 Å². The van der Waals surface area contributed by atoms with Gasteiger partial charge in [0.05, 0.1) is 18.0 Å². The zero-order valence-electron chi connectivity index (χ0n) is 32.7. The Hall–Kier alpha value is -1.48.